The van der Waals surface area contributed by atoms with Gasteiger partial charge in [-0.1, -0.05) is 29.3 Å². The van der Waals surface area contributed by atoms with Gasteiger partial charge in [0, 0.05) is 21.4 Å². The number of nitrogens with zero attached hydrogens (tertiary/aromatic N) is 1. The van der Waals surface area contributed by atoms with Gasteiger partial charge in [0.15, 0.2) is 0 Å². The quantitative estimate of drug-likeness (QED) is 0.645. The summed E-state index contributed by atoms with van der Waals surface area (Å²) in [5.41, 5.74) is 2.74. The second kappa shape index (κ2) is 6.79. The molecule has 23 heavy (non-hydrogen) atoms. The van der Waals surface area contributed by atoms with Crippen molar-refractivity contribution in [2.75, 3.05) is 0 Å². The maximum absolute atomic E-state index is 10.9. The number of aryl methyl sites for hydroxylation is 1. The molecule has 3 aromatic rings. The standard InChI is InChI=1S/C17H13Cl2NO2S/c18-11-8-12(19)10-14(9-11)20-13(4-6-17(21)22)3-5-15(20)16-2-1-7-23-16/h1-3,5,7-10H,4,6H2,(H,21,22). The van der Waals surface area contributed by atoms with Crippen LogP contribution in [0.15, 0.2) is 47.8 Å². The second-order valence-electron chi connectivity index (χ2n) is 5.04. The van der Waals surface area contributed by atoms with Crippen molar-refractivity contribution in [2.24, 2.45) is 0 Å². The van der Waals surface area contributed by atoms with Crippen LogP contribution in [0, 0.1) is 0 Å². The van der Waals surface area contributed by atoms with Gasteiger partial charge < -0.3 is 9.67 Å². The predicted octanol–water partition coefficient (Wildman–Crippen LogP) is 5.53. The van der Waals surface area contributed by atoms with E-state index >= 15 is 0 Å². The molecule has 0 aliphatic rings. The minimum absolute atomic E-state index is 0.0716. The fourth-order valence-electron chi connectivity index (χ4n) is 2.50. The van der Waals surface area contributed by atoms with Crippen LogP contribution in [0.25, 0.3) is 16.3 Å². The zero-order valence-electron chi connectivity index (χ0n) is 12.0. The summed E-state index contributed by atoms with van der Waals surface area (Å²) in [6.45, 7) is 0. The molecule has 1 aromatic carbocycles. The molecular weight excluding hydrogens is 353 g/mol. The Hall–Kier alpha value is -1.75. The number of aromatic nitrogens is 1. The van der Waals surface area contributed by atoms with Gasteiger partial charge in [0.2, 0.25) is 0 Å². The summed E-state index contributed by atoms with van der Waals surface area (Å²) in [7, 11) is 0. The van der Waals surface area contributed by atoms with Crippen molar-refractivity contribution in [1.82, 2.24) is 4.57 Å². The van der Waals surface area contributed by atoms with Crippen LogP contribution >= 0.6 is 34.5 Å². The first kappa shape index (κ1) is 16.1. The van der Waals surface area contributed by atoms with E-state index in [1.165, 1.54) is 0 Å². The number of carbonyl (C=O) groups is 1. The first-order valence-electron chi connectivity index (χ1n) is 6.97. The Labute approximate surface area is 147 Å². The Morgan fingerprint density at radius 1 is 1.13 bits per heavy atom. The van der Waals surface area contributed by atoms with Gasteiger partial charge in [0.25, 0.3) is 0 Å². The first-order valence-corrected chi connectivity index (χ1v) is 8.61. The number of rotatable bonds is 5. The van der Waals surface area contributed by atoms with Gasteiger partial charge in [-0.3, -0.25) is 4.79 Å². The lowest BCUT2D eigenvalue weighted by Gasteiger charge is -2.14. The third kappa shape index (κ3) is 3.61. The number of halogens is 2. The number of aliphatic carboxylic acids is 1. The summed E-state index contributed by atoms with van der Waals surface area (Å²) in [5.74, 6) is -0.820. The molecule has 2 heterocycles. The highest BCUT2D eigenvalue weighted by molar-refractivity contribution is 7.13. The third-order valence-corrected chi connectivity index (χ3v) is 4.76. The van der Waals surface area contributed by atoms with Crippen LogP contribution < -0.4 is 0 Å². The van der Waals surface area contributed by atoms with Crippen molar-refractivity contribution in [3.05, 3.63) is 63.6 Å². The van der Waals surface area contributed by atoms with Crippen LogP contribution in [0.4, 0.5) is 0 Å². The lowest BCUT2D eigenvalue weighted by molar-refractivity contribution is -0.136. The number of hydrogen-bond donors (Lipinski definition) is 1. The van der Waals surface area contributed by atoms with E-state index < -0.39 is 5.97 Å². The molecule has 3 nitrogen and oxygen atoms in total. The number of carboxylic acid groups (broad SMARTS) is 1. The van der Waals surface area contributed by atoms with Crippen LogP contribution in [0.2, 0.25) is 10.0 Å². The second-order valence-corrected chi connectivity index (χ2v) is 6.86. The molecule has 3 rings (SSSR count). The fourth-order valence-corrected chi connectivity index (χ4v) is 3.75. The van der Waals surface area contributed by atoms with E-state index in [2.05, 4.69) is 0 Å². The molecule has 0 saturated heterocycles. The molecule has 0 bridgehead atoms. The van der Waals surface area contributed by atoms with E-state index in [9.17, 15) is 4.79 Å². The van der Waals surface area contributed by atoms with Crippen molar-refractivity contribution in [3.8, 4) is 16.3 Å². The maximum Gasteiger partial charge on any atom is 0.303 e. The molecule has 0 unspecified atom stereocenters. The van der Waals surface area contributed by atoms with E-state index in [0.717, 1.165) is 22.0 Å². The van der Waals surface area contributed by atoms with Crippen LogP contribution in [0.1, 0.15) is 12.1 Å². The van der Waals surface area contributed by atoms with Gasteiger partial charge in [-0.05, 0) is 48.2 Å². The Morgan fingerprint density at radius 3 is 2.48 bits per heavy atom. The molecule has 0 aliphatic heterocycles. The molecule has 0 aliphatic carbocycles. The highest BCUT2D eigenvalue weighted by atomic mass is 35.5. The Morgan fingerprint density at radius 2 is 1.87 bits per heavy atom. The minimum Gasteiger partial charge on any atom is -0.481 e. The lowest BCUT2D eigenvalue weighted by Crippen LogP contribution is -2.05. The monoisotopic (exact) mass is 365 g/mol. The van der Waals surface area contributed by atoms with Gasteiger partial charge >= 0.3 is 5.97 Å². The SMILES string of the molecule is O=C(O)CCc1ccc(-c2cccs2)n1-c1cc(Cl)cc(Cl)c1. The molecule has 0 amide bonds. The van der Waals surface area contributed by atoms with E-state index in [-0.39, 0.29) is 6.42 Å². The van der Waals surface area contributed by atoms with Crippen LogP contribution in [0.3, 0.4) is 0 Å². The molecule has 2 aromatic heterocycles. The van der Waals surface area contributed by atoms with E-state index in [0.29, 0.717) is 16.5 Å². The topological polar surface area (TPSA) is 42.2 Å². The number of hydrogen-bond acceptors (Lipinski definition) is 2. The predicted molar refractivity (Wildman–Crippen MR) is 95.1 cm³/mol. The molecule has 0 atom stereocenters. The molecule has 0 fully saturated rings. The fraction of sp³-hybridized carbons (Fsp3) is 0.118. The number of carboxylic acids is 1. The van der Waals surface area contributed by atoms with Gasteiger partial charge in [-0.2, -0.15) is 0 Å². The van der Waals surface area contributed by atoms with Crippen LogP contribution in [-0.2, 0) is 11.2 Å². The maximum atomic E-state index is 10.9. The van der Waals surface area contributed by atoms with Gasteiger partial charge in [-0.25, -0.2) is 0 Å². The normalized spacial score (nSPS) is 10.9. The van der Waals surface area contributed by atoms with Crippen molar-refractivity contribution >= 4 is 40.5 Å². The molecule has 0 saturated carbocycles. The zero-order chi connectivity index (χ0) is 16.4. The van der Waals surface area contributed by atoms with Crippen LogP contribution in [-0.4, -0.2) is 15.6 Å². The summed E-state index contributed by atoms with van der Waals surface area (Å²) in [6.07, 6.45) is 0.507. The first-order chi connectivity index (χ1) is 11.0. The Kier molecular flexibility index (Phi) is 4.76. The Bertz CT molecular complexity index is 820. The zero-order valence-corrected chi connectivity index (χ0v) is 14.3. The summed E-state index contributed by atoms with van der Waals surface area (Å²) in [6, 6.07) is 13.3. The van der Waals surface area contributed by atoms with Crippen LogP contribution in [0.5, 0.6) is 0 Å². The van der Waals surface area contributed by atoms with Crippen molar-refractivity contribution in [3.63, 3.8) is 0 Å². The lowest BCUT2D eigenvalue weighted by atomic mass is 10.2. The van der Waals surface area contributed by atoms with Gasteiger partial charge in [0.05, 0.1) is 17.0 Å². The highest BCUT2D eigenvalue weighted by Gasteiger charge is 2.14. The molecule has 0 spiro atoms. The van der Waals surface area contributed by atoms with Crippen molar-refractivity contribution in [2.45, 2.75) is 12.8 Å². The highest BCUT2D eigenvalue weighted by Crippen LogP contribution is 2.32. The van der Waals surface area contributed by atoms with Crippen molar-refractivity contribution < 1.29 is 9.90 Å². The molecule has 118 valence electrons. The Balaban J connectivity index is 2.14. The number of thiophene rings is 1. The van der Waals surface area contributed by atoms with Gasteiger partial charge in [0.1, 0.15) is 0 Å². The van der Waals surface area contributed by atoms with Gasteiger partial charge in [-0.15, -0.1) is 11.3 Å². The van der Waals surface area contributed by atoms with E-state index in [4.69, 9.17) is 28.3 Å². The minimum atomic E-state index is -0.820. The molecule has 0 radical (unpaired) electrons. The summed E-state index contributed by atoms with van der Waals surface area (Å²) in [5, 5.41) is 12.1. The molecular formula is C17H13Cl2NO2S. The average molecular weight is 366 g/mol. The largest absolute Gasteiger partial charge is 0.481 e. The smallest absolute Gasteiger partial charge is 0.303 e. The van der Waals surface area contributed by atoms with E-state index in [1.807, 2.05) is 46.3 Å². The summed E-state index contributed by atoms with van der Waals surface area (Å²) in [4.78, 5) is 12.0. The summed E-state index contributed by atoms with van der Waals surface area (Å²) < 4.78 is 2.02. The summed E-state index contributed by atoms with van der Waals surface area (Å²) >= 11 is 13.9. The molecule has 1 N–H and O–H groups in total. The van der Waals surface area contributed by atoms with E-state index in [1.54, 1.807) is 17.4 Å². The average Bonchev–Trinajstić information content (AvgIpc) is 3.13. The molecule has 6 heteroatoms. The number of benzene rings is 1. The van der Waals surface area contributed by atoms with Crippen molar-refractivity contribution in [1.29, 1.82) is 0 Å². The third-order valence-electron chi connectivity index (χ3n) is 3.44.